The second-order valence-electron chi connectivity index (χ2n) is 5.17. The van der Waals surface area contributed by atoms with Gasteiger partial charge in [-0.15, -0.1) is 0 Å². The highest BCUT2D eigenvalue weighted by atomic mass is 16.5. The Kier molecular flexibility index (Phi) is 3.16. The molecular formula is C13H21N3O. The van der Waals surface area contributed by atoms with Gasteiger partial charge in [-0.05, 0) is 32.6 Å². The maximum absolute atomic E-state index is 6.03. The molecule has 4 nitrogen and oxygen atoms in total. The van der Waals surface area contributed by atoms with Gasteiger partial charge in [0.15, 0.2) is 0 Å². The molecule has 2 unspecified atom stereocenters. The Hall–Kier alpha value is -0.870. The van der Waals surface area contributed by atoms with E-state index in [1.807, 2.05) is 12.4 Å². The number of hydrogen-bond donors (Lipinski definition) is 1. The zero-order chi connectivity index (χ0) is 11.7. The largest absolute Gasteiger partial charge is 0.370 e. The molecule has 0 aliphatic carbocycles. The van der Waals surface area contributed by atoms with E-state index in [2.05, 4.69) is 21.8 Å². The molecule has 0 amide bonds. The summed E-state index contributed by atoms with van der Waals surface area (Å²) in [6.45, 7) is 3.76. The Morgan fingerprint density at radius 3 is 2.88 bits per heavy atom. The molecule has 1 aromatic heterocycles. The lowest BCUT2D eigenvalue weighted by molar-refractivity contribution is 0.00489. The van der Waals surface area contributed by atoms with Crippen LogP contribution in [0, 0.1) is 0 Å². The Balaban J connectivity index is 1.54. The first-order valence-corrected chi connectivity index (χ1v) is 6.73. The van der Waals surface area contributed by atoms with Crippen molar-refractivity contribution >= 4 is 0 Å². The van der Waals surface area contributed by atoms with Crippen LogP contribution in [0.2, 0.25) is 0 Å². The van der Waals surface area contributed by atoms with Crippen LogP contribution in [0.1, 0.15) is 38.4 Å². The minimum atomic E-state index is 0.427. The summed E-state index contributed by atoms with van der Waals surface area (Å²) in [5.41, 5.74) is 0. The van der Waals surface area contributed by atoms with Crippen molar-refractivity contribution in [2.75, 3.05) is 0 Å². The molecule has 2 aliphatic heterocycles. The third-order valence-electron chi connectivity index (χ3n) is 4.02. The quantitative estimate of drug-likeness (QED) is 0.863. The molecular weight excluding hydrogens is 214 g/mol. The number of nitrogens with one attached hydrogen (secondary N) is 1. The van der Waals surface area contributed by atoms with E-state index in [1.165, 1.54) is 25.7 Å². The topological polar surface area (TPSA) is 39.1 Å². The van der Waals surface area contributed by atoms with Crippen LogP contribution in [0.4, 0.5) is 0 Å². The number of aryl methyl sites for hydroxylation is 1. The van der Waals surface area contributed by atoms with Crippen LogP contribution in [0.15, 0.2) is 12.4 Å². The number of piperidine rings is 1. The van der Waals surface area contributed by atoms with Gasteiger partial charge in [-0.1, -0.05) is 0 Å². The Morgan fingerprint density at radius 1 is 1.41 bits per heavy atom. The van der Waals surface area contributed by atoms with Crippen molar-refractivity contribution < 1.29 is 4.74 Å². The average molecular weight is 235 g/mol. The highest BCUT2D eigenvalue weighted by Crippen LogP contribution is 2.28. The first kappa shape index (κ1) is 11.2. The number of nitrogens with zero attached hydrogens (tertiary/aromatic N) is 2. The number of hydrogen-bond acceptors (Lipinski definition) is 3. The summed E-state index contributed by atoms with van der Waals surface area (Å²) in [5, 5.41) is 3.64. The van der Waals surface area contributed by atoms with Crippen LogP contribution in [-0.4, -0.2) is 27.7 Å². The molecule has 0 saturated carbocycles. The van der Waals surface area contributed by atoms with Crippen molar-refractivity contribution in [3.63, 3.8) is 0 Å². The van der Waals surface area contributed by atoms with E-state index < -0.39 is 0 Å². The number of fused-ring (bicyclic) bond motifs is 2. The van der Waals surface area contributed by atoms with Crippen LogP contribution in [0.5, 0.6) is 0 Å². The second-order valence-corrected chi connectivity index (χ2v) is 5.17. The van der Waals surface area contributed by atoms with Crippen LogP contribution in [0.3, 0.4) is 0 Å². The molecule has 0 radical (unpaired) electrons. The molecule has 4 heteroatoms. The van der Waals surface area contributed by atoms with Crippen LogP contribution in [0.25, 0.3) is 0 Å². The maximum atomic E-state index is 6.03. The molecule has 1 aromatic rings. The lowest BCUT2D eigenvalue weighted by atomic mass is 10.0. The van der Waals surface area contributed by atoms with Gasteiger partial charge in [0.2, 0.25) is 0 Å². The minimum Gasteiger partial charge on any atom is -0.370 e. The van der Waals surface area contributed by atoms with Gasteiger partial charge in [0.05, 0.1) is 6.10 Å². The molecule has 2 saturated heterocycles. The van der Waals surface area contributed by atoms with Gasteiger partial charge in [0.25, 0.3) is 0 Å². The fourth-order valence-electron chi connectivity index (χ4n) is 3.10. The first-order valence-electron chi connectivity index (χ1n) is 6.73. The van der Waals surface area contributed by atoms with Gasteiger partial charge in [-0.3, -0.25) is 0 Å². The van der Waals surface area contributed by atoms with Gasteiger partial charge >= 0.3 is 0 Å². The van der Waals surface area contributed by atoms with E-state index in [1.54, 1.807) is 0 Å². The molecule has 2 bridgehead atoms. The Morgan fingerprint density at radius 2 is 2.18 bits per heavy atom. The van der Waals surface area contributed by atoms with E-state index in [0.717, 1.165) is 12.4 Å². The number of rotatable bonds is 4. The van der Waals surface area contributed by atoms with E-state index in [-0.39, 0.29) is 0 Å². The van der Waals surface area contributed by atoms with Crippen molar-refractivity contribution in [1.29, 1.82) is 0 Å². The highest BCUT2D eigenvalue weighted by molar-refractivity contribution is 4.94. The summed E-state index contributed by atoms with van der Waals surface area (Å²) in [6, 6.07) is 1.40. The molecule has 3 heterocycles. The monoisotopic (exact) mass is 235 g/mol. The number of imidazole rings is 1. The molecule has 2 aliphatic rings. The van der Waals surface area contributed by atoms with Gasteiger partial charge in [-0.2, -0.15) is 0 Å². The van der Waals surface area contributed by atoms with Crippen molar-refractivity contribution in [1.82, 2.24) is 14.9 Å². The molecule has 0 aromatic carbocycles. The van der Waals surface area contributed by atoms with E-state index in [9.17, 15) is 0 Å². The summed E-state index contributed by atoms with van der Waals surface area (Å²) in [6.07, 6.45) is 9.30. The standard InChI is InChI=1S/C13H21N3O/c1-2-16-6-5-14-13(16)9-17-12-7-10-3-4-11(8-12)15-10/h5-6,10-12,15H,2-4,7-9H2,1H3. The van der Waals surface area contributed by atoms with Gasteiger partial charge in [-0.25, -0.2) is 4.98 Å². The molecule has 2 atom stereocenters. The average Bonchev–Trinajstić information content (AvgIpc) is 2.93. The molecule has 94 valence electrons. The molecule has 1 N–H and O–H groups in total. The van der Waals surface area contributed by atoms with Crippen LogP contribution in [-0.2, 0) is 17.9 Å². The van der Waals surface area contributed by atoms with E-state index in [4.69, 9.17) is 4.74 Å². The summed E-state index contributed by atoms with van der Waals surface area (Å²) in [5.74, 6) is 1.05. The molecule has 3 rings (SSSR count). The van der Waals surface area contributed by atoms with Gasteiger partial charge in [0.1, 0.15) is 12.4 Å². The van der Waals surface area contributed by atoms with Crippen LogP contribution >= 0.6 is 0 Å². The van der Waals surface area contributed by atoms with Crippen LogP contribution < -0.4 is 5.32 Å². The van der Waals surface area contributed by atoms with Crippen molar-refractivity contribution in [3.05, 3.63) is 18.2 Å². The molecule has 17 heavy (non-hydrogen) atoms. The number of aromatic nitrogens is 2. The third-order valence-corrected chi connectivity index (χ3v) is 4.02. The summed E-state index contributed by atoms with van der Waals surface area (Å²) in [4.78, 5) is 4.35. The molecule has 2 fully saturated rings. The summed E-state index contributed by atoms with van der Waals surface area (Å²) >= 11 is 0. The first-order chi connectivity index (χ1) is 8.35. The zero-order valence-electron chi connectivity index (χ0n) is 10.4. The smallest absolute Gasteiger partial charge is 0.134 e. The van der Waals surface area contributed by atoms with Gasteiger partial charge < -0.3 is 14.6 Å². The predicted octanol–water partition coefficient (Wildman–Crippen LogP) is 1.70. The SMILES string of the molecule is CCn1ccnc1COC1CC2CCC(C1)N2. The Labute approximate surface area is 102 Å². The second kappa shape index (κ2) is 4.78. The van der Waals surface area contributed by atoms with Crippen molar-refractivity contribution in [2.45, 2.75) is 63.9 Å². The normalized spacial score (nSPS) is 31.9. The van der Waals surface area contributed by atoms with Crippen molar-refractivity contribution in [2.24, 2.45) is 0 Å². The maximum Gasteiger partial charge on any atom is 0.134 e. The summed E-state index contributed by atoms with van der Waals surface area (Å²) < 4.78 is 8.18. The predicted molar refractivity (Wildman–Crippen MR) is 65.7 cm³/mol. The van der Waals surface area contributed by atoms with Crippen molar-refractivity contribution in [3.8, 4) is 0 Å². The fourth-order valence-corrected chi connectivity index (χ4v) is 3.10. The fraction of sp³-hybridized carbons (Fsp3) is 0.769. The van der Waals surface area contributed by atoms with E-state index >= 15 is 0 Å². The Bertz CT molecular complexity index is 364. The summed E-state index contributed by atoms with van der Waals surface area (Å²) in [7, 11) is 0. The highest BCUT2D eigenvalue weighted by Gasteiger charge is 2.33. The third kappa shape index (κ3) is 2.38. The number of ether oxygens (including phenoxy) is 1. The van der Waals surface area contributed by atoms with Gasteiger partial charge in [0, 0.05) is 31.0 Å². The lowest BCUT2D eigenvalue weighted by Gasteiger charge is -2.29. The molecule has 0 spiro atoms. The lowest BCUT2D eigenvalue weighted by Crippen LogP contribution is -2.41. The van der Waals surface area contributed by atoms with E-state index in [0.29, 0.717) is 24.8 Å². The zero-order valence-corrected chi connectivity index (χ0v) is 10.4. The minimum absolute atomic E-state index is 0.427.